The van der Waals surface area contributed by atoms with Crippen LogP contribution in [0.15, 0.2) is 47.8 Å². The van der Waals surface area contributed by atoms with Crippen molar-refractivity contribution in [3.05, 3.63) is 47.8 Å². The first kappa shape index (κ1) is 20.9. The summed E-state index contributed by atoms with van der Waals surface area (Å²) in [5.74, 6) is -5.77. The van der Waals surface area contributed by atoms with Gasteiger partial charge in [-0.1, -0.05) is 0 Å². The van der Waals surface area contributed by atoms with E-state index in [1.165, 1.54) is 40.1 Å². The van der Waals surface area contributed by atoms with Crippen LogP contribution in [0.5, 0.6) is 0 Å². The number of benzene rings is 1. The number of hydrogen-bond acceptors (Lipinski definition) is 10. The van der Waals surface area contributed by atoms with Crippen molar-refractivity contribution in [1.82, 2.24) is 0 Å². The minimum absolute atomic E-state index is 0.265. The first-order valence-electron chi connectivity index (χ1n) is 8.93. The van der Waals surface area contributed by atoms with E-state index in [1.54, 1.807) is 24.3 Å². The van der Waals surface area contributed by atoms with Crippen LogP contribution in [0.1, 0.15) is 27.7 Å². The van der Waals surface area contributed by atoms with Gasteiger partial charge in [0.1, 0.15) is 0 Å². The second-order valence-electron chi connectivity index (χ2n) is 7.34. The molecule has 2 heterocycles. The highest BCUT2D eigenvalue weighted by molar-refractivity contribution is 6.16. The van der Waals surface area contributed by atoms with Gasteiger partial charge in [0.25, 0.3) is 11.6 Å². The number of nitrogens with one attached hydrogen (secondary N) is 2. The van der Waals surface area contributed by atoms with E-state index >= 15 is 0 Å². The van der Waals surface area contributed by atoms with Crippen LogP contribution in [-0.2, 0) is 38.1 Å². The number of carbonyl (C=O) groups excluding carboxylic acids is 4. The SMILES string of the molecule is CC1(C)OC(=O)C(=CNc2ccc(NC=C3C(=O)OC(C)(C)OC3=O)cc2)C(=O)O1. The van der Waals surface area contributed by atoms with Crippen molar-refractivity contribution in [3.8, 4) is 0 Å². The highest BCUT2D eigenvalue weighted by Crippen LogP contribution is 2.24. The number of cyclic esters (lactones) is 4. The van der Waals surface area contributed by atoms with Crippen molar-refractivity contribution >= 4 is 35.3 Å². The van der Waals surface area contributed by atoms with Crippen molar-refractivity contribution in [1.29, 1.82) is 0 Å². The maximum absolute atomic E-state index is 11.9. The fourth-order valence-corrected chi connectivity index (χ4v) is 2.53. The number of carbonyl (C=O) groups is 4. The van der Waals surface area contributed by atoms with E-state index in [1.807, 2.05) is 0 Å². The molecule has 2 saturated heterocycles. The lowest BCUT2D eigenvalue weighted by atomic mass is 10.2. The molecule has 2 aliphatic heterocycles. The zero-order valence-electron chi connectivity index (χ0n) is 16.7. The van der Waals surface area contributed by atoms with E-state index in [0.29, 0.717) is 11.4 Å². The summed E-state index contributed by atoms with van der Waals surface area (Å²) in [5.41, 5.74) is 0.589. The van der Waals surface area contributed by atoms with Gasteiger partial charge in [0, 0.05) is 51.5 Å². The Kier molecular flexibility index (Phi) is 5.26. The molecule has 0 aromatic heterocycles. The average molecular weight is 416 g/mol. The molecule has 0 spiro atoms. The van der Waals surface area contributed by atoms with Gasteiger partial charge in [0.05, 0.1) is 0 Å². The molecule has 2 aliphatic rings. The van der Waals surface area contributed by atoms with Gasteiger partial charge in [-0.15, -0.1) is 0 Å². The monoisotopic (exact) mass is 416 g/mol. The van der Waals surface area contributed by atoms with E-state index < -0.39 is 35.5 Å². The molecule has 0 aliphatic carbocycles. The standard InChI is InChI=1S/C20H20N2O8/c1-19(2)27-15(23)13(16(24)28-19)9-21-11-5-7-12(8-6-11)22-10-14-17(25)29-20(3,4)30-18(14)26/h5-10,21-22H,1-4H3. The fourth-order valence-electron chi connectivity index (χ4n) is 2.53. The summed E-state index contributed by atoms with van der Waals surface area (Å²) in [5, 5.41) is 5.61. The number of rotatable bonds is 4. The third-order valence-electron chi connectivity index (χ3n) is 3.88. The van der Waals surface area contributed by atoms with Crippen molar-refractivity contribution in [3.63, 3.8) is 0 Å². The minimum atomic E-state index is -1.31. The summed E-state index contributed by atoms with van der Waals surface area (Å²) < 4.78 is 20.0. The third-order valence-corrected chi connectivity index (χ3v) is 3.88. The Morgan fingerprint density at radius 1 is 0.600 bits per heavy atom. The number of ether oxygens (including phenoxy) is 4. The van der Waals surface area contributed by atoms with Crippen LogP contribution in [-0.4, -0.2) is 35.5 Å². The molecule has 158 valence electrons. The molecule has 0 radical (unpaired) electrons. The summed E-state index contributed by atoms with van der Waals surface area (Å²) in [6, 6.07) is 6.56. The Morgan fingerprint density at radius 2 is 0.867 bits per heavy atom. The van der Waals surface area contributed by atoms with Crippen LogP contribution in [0, 0.1) is 0 Å². The zero-order chi connectivity index (χ0) is 22.1. The van der Waals surface area contributed by atoms with Crippen LogP contribution in [0.4, 0.5) is 11.4 Å². The van der Waals surface area contributed by atoms with Crippen LogP contribution in [0.2, 0.25) is 0 Å². The molecular weight excluding hydrogens is 396 g/mol. The Hall–Kier alpha value is -3.82. The smallest absolute Gasteiger partial charge is 0.350 e. The second-order valence-corrected chi connectivity index (χ2v) is 7.34. The van der Waals surface area contributed by atoms with Gasteiger partial charge in [0.15, 0.2) is 11.1 Å². The molecule has 30 heavy (non-hydrogen) atoms. The van der Waals surface area contributed by atoms with Gasteiger partial charge in [-0.25, -0.2) is 19.2 Å². The molecular formula is C20H20N2O8. The van der Waals surface area contributed by atoms with Gasteiger partial charge in [0.2, 0.25) is 0 Å². The lowest BCUT2D eigenvalue weighted by Gasteiger charge is -2.29. The summed E-state index contributed by atoms with van der Waals surface area (Å²) >= 11 is 0. The van der Waals surface area contributed by atoms with E-state index in [2.05, 4.69) is 10.6 Å². The van der Waals surface area contributed by atoms with Crippen molar-refractivity contribution in [2.45, 2.75) is 39.3 Å². The molecule has 2 fully saturated rings. The number of anilines is 2. The topological polar surface area (TPSA) is 129 Å². The number of esters is 4. The maximum atomic E-state index is 11.9. The molecule has 0 unspecified atom stereocenters. The van der Waals surface area contributed by atoms with Crippen molar-refractivity contribution in [2.75, 3.05) is 10.6 Å². The Balaban J connectivity index is 1.63. The molecule has 3 rings (SSSR count). The largest absolute Gasteiger partial charge is 0.419 e. The molecule has 0 bridgehead atoms. The molecule has 1 aromatic carbocycles. The average Bonchev–Trinajstić information content (AvgIpc) is 2.59. The Bertz CT molecular complexity index is 850. The van der Waals surface area contributed by atoms with Crippen LogP contribution in [0.3, 0.4) is 0 Å². The van der Waals surface area contributed by atoms with Gasteiger partial charge >= 0.3 is 23.9 Å². The summed E-state index contributed by atoms with van der Waals surface area (Å²) in [4.78, 5) is 47.6. The lowest BCUT2D eigenvalue weighted by molar-refractivity contribution is -0.224. The first-order chi connectivity index (χ1) is 14.0. The third kappa shape index (κ3) is 4.77. The van der Waals surface area contributed by atoms with Crippen molar-refractivity contribution < 1.29 is 38.1 Å². The van der Waals surface area contributed by atoms with Crippen LogP contribution >= 0.6 is 0 Å². The van der Waals surface area contributed by atoms with Crippen LogP contribution < -0.4 is 10.6 Å². The van der Waals surface area contributed by atoms with E-state index in [0.717, 1.165) is 0 Å². The first-order valence-corrected chi connectivity index (χ1v) is 8.93. The summed E-state index contributed by atoms with van der Waals surface area (Å²) in [7, 11) is 0. The predicted octanol–water partition coefficient (Wildman–Crippen LogP) is 1.95. The predicted molar refractivity (Wildman–Crippen MR) is 102 cm³/mol. The Labute approximate surface area is 171 Å². The quantitative estimate of drug-likeness (QED) is 0.427. The molecule has 2 N–H and O–H groups in total. The molecule has 1 aromatic rings. The normalized spacial score (nSPS) is 19.7. The van der Waals surface area contributed by atoms with Crippen molar-refractivity contribution in [2.24, 2.45) is 0 Å². The molecule has 10 nitrogen and oxygen atoms in total. The van der Waals surface area contributed by atoms with Gasteiger partial charge in [-0.05, 0) is 24.3 Å². The van der Waals surface area contributed by atoms with Crippen LogP contribution in [0.25, 0.3) is 0 Å². The van der Waals surface area contributed by atoms with E-state index in [-0.39, 0.29) is 11.1 Å². The zero-order valence-corrected chi connectivity index (χ0v) is 16.7. The van der Waals surface area contributed by atoms with E-state index in [4.69, 9.17) is 18.9 Å². The second kappa shape index (κ2) is 7.54. The van der Waals surface area contributed by atoms with Gasteiger partial charge in [-0.3, -0.25) is 0 Å². The summed E-state index contributed by atoms with van der Waals surface area (Å²) in [6.07, 6.45) is 2.39. The summed E-state index contributed by atoms with van der Waals surface area (Å²) in [6.45, 7) is 5.84. The highest BCUT2D eigenvalue weighted by Gasteiger charge is 2.39. The lowest BCUT2D eigenvalue weighted by Crippen LogP contribution is -2.42. The minimum Gasteiger partial charge on any atom is -0.419 e. The van der Waals surface area contributed by atoms with Gasteiger partial charge in [-0.2, -0.15) is 0 Å². The molecule has 0 atom stereocenters. The molecule has 0 saturated carbocycles. The van der Waals surface area contributed by atoms with E-state index in [9.17, 15) is 19.2 Å². The fraction of sp³-hybridized carbons (Fsp3) is 0.300. The Morgan fingerprint density at radius 3 is 1.13 bits per heavy atom. The molecule has 0 amide bonds. The maximum Gasteiger partial charge on any atom is 0.350 e. The highest BCUT2D eigenvalue weighted by atomic mass is 16.7. The van der Waals surface area contributed by atoms with Gasteiger partial charge < -0.3 is 29.6 Å². The number of hydrogen-bond donors (Lipinski definition) is 2. The molecule has 10 heteroatoms.